The average Bonchev–Trinajstić information content (AvgIpc) is 2.80. The molecule has 0 amide bonds. The highest BCUT2D eigenvalue weighted by molar-refractivity contribution is 5.79. The van der Waals surface area contributed by atoms with Crippen molar-refractivity contribution < 1.29 is 18.9 Å². The van der Waals surface area contributed by atoms with Crippen molar-refractivity contribution in [2.45, 2.75) is 33.4 Å². The second-order valence-corrected chi connectivity index (χ2v) is 7.34. The van der Waals surface area contributed by atoms with E-state index in [9.17, 15) is 0 Å². The minimum Gasteiger partial charge on any atom is -0.493 e. The van der Waals surface area contributed by atoms with Crippen LogP contribution in [0.3, 0.4) is 0 Å². The lowest BCUT2D eigenvalue weighted by atomic mass is 10.1. The van der Waals surface area contributed by atoms with Crippen LogP contribution in [0.25, 0.3) is 0 Å². The Balaban J connectivity index is 1.94. The Hall–Kier alpha value is -2.77. The van der Waals surface area contributed by atoms with E-state index in [1.54, 1.807) is 14.2 Å². The predicted octanol–water partition coefficient (Wildman–Crippen LogP) is 3.69. The number of guanidine groups is 1. The molecule has 0 aliphatic carbocycles. The molecule has 2 aromatic carbocycles. The van der Waals surface area contributed by atoms with Gasteiger partial charge in [-0.15, -0.1) is 0 Å². The Morgan fingerprint density at radius 3 is 2.38 bits per heavy atom. The van der Waals surface area contributed by atoms with Gasteiger partial charge in [0, 0.05) is 45.9 Å². The summed E-state index contributed by atoms with van der Waals surface area (Å²) in [5.74, 6) is 2.49. The third kappa shape index (κ3) is 9.58. The van der Waals surface area contributed by atoms with Crippen LogP contribution in [0.5, 0.6) is 11.5 Å². The maximum atomic E-state index is 5.99. The molecule has 0 aliphatic heterocycles. The van der Waals surface area contributed by atoms with Gasteiger partial charge in [-0.25, -0.2) is 4.99 Å². The van der Waals surface area contributed by atoms with Crippen molar-refractivity contribution >= 4 is 5.96 Å². The molecule has 7 heteroatoms. The molecule has 32 heavy (non-hydrogen) atoms. The molecule has 0 heterocycles. The molecule has 2 N–H and O–H groups in total. The van der Waals surface area contributed by atoms with Gasteiger partial charge in [0.05, 0.1) is 19.8 Å². The zero-order valence-corrected chi connectivity index (χ0v) is 19.8. The molecule has 0 bridgehead atoms. The van der Waals surface area contributed by atoms with Crippen LogP contribution >= 0.6 is 0 Å². The highest BCUT2D eigenvalue weighted by atomic mass is 16.5. The molecule has 0 aromatic heterocycles. The van der Waals surface area contributed by atoms with Gasteiger partial charge < -0.3 is 29.6 Å². The summed E-state index contributed by atoms with van der Waals surface area (Å²) in [4.78, 5) is 4.71. The molecule has 7 nitrogen and oxygen atoms in total. The second kappa shape index (κ2) is 15.1. The number of methoxy groups -OCH3 is 2. The minimum atomic E-state index is 0.541. The van der Waals surface area contributed by atoms with E-state index < -0.39 is 0 Å². The smallest absolute Gasteiger partial charge is 0.191 e. The van der Waals surface area contributed by atoms with Gasteiger partial charge in [0.15, 0.2) is 5.96 Å². The van der Waals surface area contributed by atoms with Crippen LogP contribution in [0.4, 0.5) is 0 Å². The SMILES string of the molecule is CCNC(=NCc1ccc(OCCOC)cc1)NCc1ccc(C)cc1OCCCOC. The summed E-state index contributed by atoms with van der Waals surface area (Å²) in [5.41, 5.74) is 3.38. The van der Waals surface area contributed by atoms with E-state index in [1.807, 2.05) is 24.3 Å². The molecule has 0 unspecified atom stereocenters. The zero-order chi connectivity index (χ0) is 23.0. The first kappa shape index (κ1) is 25.5. The molecule has 176 valence electrons. The van der Waals surface area contributed by atoms with Crippen LogP contribution in [-0.4, -0.2) is 53.2 Å². The average molecular weight is 444 g/mol. The fraction of sp³-hybridized carbons (Fsp3) is 0.480. The third-order valence-corrected chi connectivity index (χ3v) is 4.66. The number of rotatable bonds is 14. The van der Waals surface area contributed by atoms with Crippen LogP contribution < -0.4 is 20.1 Å². The molecule has 0 saturated carbocycles. The van der Waals surface area contributed by atoms with Crippen molar-refractivity contribution in [3.8, 4) is 11.5 Å². The van der Waals surface area contributed by atoms with E-state index in [1.165, 1.54) is 5.56 Å². The van der Waals surface area contributed by atoms with Gasteiger partial charge >= 0.3 is 0 Å². The van der Waals surface area contributed by atoms with Crippen molar-refractivity contribution in [3.63, 3.8) is 0 Å². The van der Waals surface area contributed by atoms with Crippen LogP contribution in [0.2, 0.25) is 0 Å². The number of nitrogens with zero attached hydrogens (tertiary/aromatic N) is 1. The van der Waals surface area contributed by atoms with E-state index in [-0.39, 0.29) is 0 Å². The number of benzene rings is 2. The van der Waals surface area contributed by atoms with Gasteiger partial charge in [-0.1, -0.05) is 24.3 Å². The highest BCUT2D eigenvalue weighted by Crippen LogP contribution is 2.20. The van der Waals surface area contributed by atoms with Gasteiger partial charge in [0.25, 0.3) is 0 Å². The van der Waals surface area contributed by atoms with E-state index in [0.29, 0.717) is 39.5 Å². The van der Waals surface area contributed by atoms with Gasteiger partial charge in [0.1, 0.15) is 18.1 Å². The zero-order valence-electron chi connectivity index (χ0n) is 19.8. The minimum absolute atomic E-state index is 0.541. The van der Waals surface area contributed by atoms with Crippen molar-refractivity contribution in [3.05, 3.63) is 59.2 Å². The van der Waals surface area contributed by atoms with Crippen molar-refractivity contribution in [2.24, 2.45) is 4.99 Å². The van der Waals surface area contributed by atoms with Crippen LogP contribution in [0, 0.1) is 6.92 Å². The summed E-state index contributed by atoms with van der Waals surface area (Å²) in [6, 6.07) is 14.2. The molecule has 0 saturated heterocycles. The van der Waals surface area contributed by atoms with Crippen LogP contribution in [0.1, 0.15) is 30.0 Å². The number of aryl methyl sites for hydroxylation is 1. The first-order chi connectivity index (χ1) is 15.7. The summed E-state index contributed by atoms with van der Waals surface area (Å²) < 4.78 is 21.7. The quantitative estimate of drug-likeness (QED) is 0.264. The number of ether oxygens (including phenoxy) is 4. The lowest BCUT2D eigenvalue weighted by Gasteiger charge is -2.15. The Kier molecular flexibility index (Phi) is 12.0. The molecule has 0 atom stereocenters. The topological polar surface area (TPSA) is 73.3 Å². The molecule has 0 aliphatic rings. The summed E-state index contributed by atoms with van der Waals surface area (Å²) in [5, 5.41) is 6.71. The maximum absolute atomic E-state index is 5.99. The Labute approximate surface area is 192 Å². The van der Waals surface area contributed by atoms with Crippen LogP contribution in [-0.2, 0) is 22.6 Å². The summed E-state index contributed by atoms with van der Waals surface area (Å²) in [6.07, 6.45) is 0.859. The number of aliphatic imine (C=N–C) groups is 1. The molecule has 0 fully saturated rings. The lowest BCUT2D eigenvalue weighted by molar-refractivity contribution is 0.146. The van der Waals surface area contributed by atoms with Gasteiger partial charge in [0.2, 0.25) is 0 Å². The Bertz CT molecular complexity index is 809. The summed E-state index contributed by atoms with van der Waals surface area (Å²) >= 11 is 0. The number of hydrogen-bond donors (Lipinski definition) is 2. The Morgan fingerprint density at radius 2 is 1.66 bits per heavy atom. The third-order valence-electron chi connectivity index (χ3n) is 4.66. The molecule has 0 spiro atoms. The molecule has 2 rings (SSSR count). The lowest BCUT2D eigenvalue weighted by Crippen LogP contribution is -2.36. The summed E-state index contributed by atoms with van der Waals surface area (Å²) in [7, 11) is 3.37. The van der Waals surface area contributed by atoms with Crippen molar-refractivity contribution in [2.75, 3.05) is 47.2 Å². The fourth-order valence-electron chi connectivity index (χ4n) is 2.95. The van der Waals surface area contributed by atoms with Crippen LogP contribution in [0.15, 0.2) is 47.5 Å². The normalized spacial score (nSPS) is 11.3. The molecule has 0 radical (unpaired) electrons. The number of hydrogen-bond acceptors (Lipinski definition) is 5. The highest BCUT2D eigenvalue weighted by Gasteiger charge is 2.06. The van der Waals surface area contributed by atoms with Gasteiger partial charge in [-0.2, -0.15) is 0 Å². The molecular weight excluding hydrogens is 406 g/mol. The fourth-order valence-corrected chi connectivity index (χ4v) is 2.95. The van der Waals surface area contributed by atoms with Gasteiger partial charge in [-0.3, -0.25) is 0 Å². The van der Waals surface area contributed by atoms with Crippen molar-refractivity contribution in [1.29, 1.82) is 0 Å². The van der Waals surface area contributed by atoms with Gasteiger partial charge in [-0.05, 0) is 43.2 Å². The van der Waals surface area contributed by atoms with E-state index in [0.717, 1.165) is 41.6 Å². The monoisotopic (exact) mass is 443 g/mol. The maximum Gasteiger partial charge on any atom is 0.191 e. The molecule has 2 aromatic rings. The van der Waals surface area contributed by atoms with E-state index in [2.05, 4.69) is 42.7 Å². The predicted molar refractivity (Wildman–Crippen MR) is 129 cm³/mol. The Morgan fingerprint density at radius 1 is 0.875 bits per heavy atom. The van der Waals surface area contributed by atoms with E-state index >= 15 is 0 Å². The first-order valence-electron chi connectivity index (χ1n) is 11.1. The summed E-state index contributed by atoms with van der Waals surface area (Å²) in [6.45, 7) is 8.54. The van der Waals surface area contributed by atoms with E-state index in [4.69, 9.17) is 23.9 Å². The first-order valence-corrected chi connectivity index (χ1v) is 11.1. The largest absolute Gasteiger partial charge is 0.493 e. The number of nitrogens with one attached hydrogen (secondary N) is 2. The van der Waals surface area contributed by atoms with Crippen molar-refractivity contribution in [1.82, 2.24) is 10.6 Å². The standard InChI is InChI=1S/C25H37N3O4/c1-5-26-25(27-18-21-8-11-23(12-9-21)31-16-15-30-4)28-19-22-10-7-20(2)17-24(22)32-14-6-13-29-3/h7-12,17H,5-6,13-16,18-19H2,1-4H3,(H2,26,27,28). The molecular formula is C25H37N3O4. The second-order valence-electron chi connectivity index (χ2n) is 7.34.